The minimum atomic E-state index is 0. The van der Waals surface area contributed by atoms with Crippen LogP contribution in [-0.4, -0.2) is 85.5 Å². The Morgan fingerprint density at radius 2 is 1.96 bits per heavy atom. The predicted molar refractivity (Wildman–Crippen MR) is 114 cm³/mol. The Bertz CT molecular complexity index is 398. The topological polar surface area (TPSA) is 60.0 Å². The van der Waals surface area contributed by atoms with E-state index in [1.807, 2.05) is 11.8 Å². The van der Waals surface area contributed by atoms with Crippen molar-refractivity contribution in [3.8, 4) is 0 Å². The van der Waals surface area contributed by atoms with Crippen LogP contribution in [0.1, 0.15) is 26.2 Å². The molecule has 2 fully saturated rings. The molecular weight excluding hydrogens is 437 g/mol. The van der Waals surface area contributed by atoms with Crippen LogP contribution in [0.3, 0.4) is 0 Å². The van der Waals surface area contributed by atoms with Gasteiger partial charge in [-0.25, -0.2) is 0 Å². The lowest BCUT2D eigenvalue weighted by molar-refractivity contribution is -0.122. The van der Waals surface area contributed by atoms with Crippen LogP contribution in [0, 0.1) is 0 Å². The number of guanidine groups is 1. The van der Waals surface area contributed by atoms with Gasteiger partial charge in [-0.1, -0.05) is 0 Å². The lowest BCUT2D eigenvalue weighted by atomic mass is 10.3. The van der Waals surface area contributed by atoms with E-state index in [0.717, 1.165) is 70.2 Å². The molecule has 0 aromatic carbocycles. The van der Waals surface area contributed by atoms with Gasteiger partial charge in [0.05, 0.1) is 6.54 Å². The number of rotatable bonds is 8. The highest BCUT2D eigenvalue weighted by Gasteiger charge is 2.25. The first-order chi connectivity index (χ1) is 11.2. The van der Waals surface area contributed by atoms with Crippen LogP contribution >= 0.6 is 35.7 Å². The summed E-state index contributed by atoms with van der Waals surface area (Å²) in [5.41, 5.74) is 0. The summed E-state index contributed by atoms with van der Waals surface area (Å²) in [7, 11) is 0. The zero-order valence-corrected chi connectivity index (χ0v) is 18.1. The van der Waals surface area contributed by atoms with Crippen LogP contribution in [0.5, 0.6) is 0 Å². The first-order valence-electron chi connectivity index (χ1n) is 8.77. The maximum Gasteiger partial charge on any atom is 0.234 e. The van der Waals surface area contributed by atoms with Crippen LogP contribution in [-0.2, 0) is 4.79 Å². The summed E-state index contributed by atoms with van der Waals surface area (Å²) in [4.78, 5) is 21.2. The normalized spacial score (nSPS) is 18.9. The first-order valence-corrected chi connectivity index (χ1v) is 10.2. The van der Waals surface area contributed by atoms with Gasteiger partial charge in [0.15, 0.2) is 5.96 Å². The number of hydrogen-bond acceptors (Lipinski definition) is 4. The second-order valence-electron chi connectivity index (χ2n) is 6.19. The molecule has 1 aliphatic heterocycles. The Balaban J connectivity index is 0.00000288. The van der Waals surface area contributed by atoms with Crippen molar-refractivity contribution >= 4 is 47.6 Å². The fourth-order valence-corrected chi connectivity index (χ4v) is 3.06. The molecule has 0 atom stereocenters. The van der Waals surface area contributed by atoms with E-state index in [1.165, 1.54) is 0 Å². The molecule has 6 nitrogen and oxygen atoms in total. The molecule has 1 aliphatic carbocycles. The molecule has 0 radical (unpaired) electrons. The van der Waals surface area contributed by atoms with Gasteiger partial charge in [-0.2, -0.15) is 11.8 Å². The molecule has 24 heavy (non-hydrogen) atoms. The molecule has 0 aromatic rings. The first kappa shape index (κ1) is 21.8. The Labute approximate surface area is 167 Å². The van der Waals surface area contributed by atoms with Crippen molar-refractivity contribution < 1.29 is 4.79 Å². The number of thioether (sulfide) groups is 1. The van der Waals surface area contributed by atoms with E-state index < -0.39 is 0 Å². The minimum Gasteiger partial charge on any atom is -0.357 e. The molecule has 8 heteroatoms. The number of hydrogen-bond donors (Lipinski definition) is 2. The zero-order chi connectivity index (χ0) is 16.5. The highest BCUT2D eigenvalue weighted by Crippen LogP contribution is 2.18. The van der Waals surface area contributed by atoms with E-state index in [4.69, 9.17) is 4.99 Å². The van der Waals surface area contributed by atoms with Gasteiger partial charge in [0.2, 0.25) is 5.91 Å². The summed E-state index contributed by atoms with van der Waals surface area (Å²) in [5, 5.41) is 6.45. The molecule has 0 spiro atoms. The van der Waals surface area contributed by atoms with E-state index in [9.17, 15) is 4.79 Å². The van der Waals surface area contributed by atoms with Gasteiger partial charge in [0, 0.05) is 45.3 Å². The van der Waals surface area contributed by atoms with Gasteiger partial charge in [-0.15, -0.1) is 24.0 Å². The molecule has 1 amide bonds. The van der Waals surface area contributed by atoms with Gasteiger partial charge < -0.3 is 15.5 Å². The molecular formula is C16H32IN5OS. The number of carbonyl (C=O) groups is 1. The molecule has 0 bridgehead atoms. The summed E-state index contributed by atoms with van der Waals surface area (Å²) in [6.45, 7) is 8.14. The monoisotopic (exact) mass is 469 g/mol. The van der Waals surface area contributed by atoms with Crippen molar-refractivity contribution in [2.45, 2.75) is 32.2 Å². The van der Waals surface area contributed by atoms with Crippen molar-refractivity contribution in [2.75, 3.05) is 57.8 Å². The van der Waals surface area contributed by atoms with Crippen LogP contribution in [0.4, 0.5) is 0 Å². The highest BCUT2D eigenvalue weighted by atomic mass is 127. The van der Waals surface area contributed by atoms with E-state index in [0.29, 0.717) is 12.6 Å². The Kier molecular flexibility index (Phi) is 11.1. The molecule has 2 aliphatic rings. The zero-order valence-electron chi connectivity index (χ0n) is 14.9. The van der Waals surface area contributed by atoms with Gasteiger partial charge >= 0.3 is 0 Å². The van der Waals surface area contributed by atoms with Gasteiger partial charge in [-0.3, -0.25) is 14.7 Å². The number of aliphatic imine (C=N–C) groups is 1. The highest BCUT2D eigenvalue weighted by molar-refractivity contribution is 14.0. The van der Waals surface area contributed by atoms with E-state index in [2.05, 4.69) is 33.6 Å². The molecule has 1 heterocycles. The Hall–Kier alpha value is -0.220. The third-order valence-corrected chi connectivity index (χ3v) is 4.78. The van der Waals surface area contributed by atoms with Crippen LogP contribution in [0.25, 0.3) is 0 Å². The Morgan fingerprint density at radius 1 is 1.25 bits per heavy atom. The maximum absolute atomic E-state index is 11.9. The van der Waals surface area contributed by atoms with Crippen molar-refractivity contribution in [2.24, 2.45) is 4.99 Å². The largest absolute Gasteiger partial charge is 0.357 e. The number of carbonyl (C=O) groups excluding carboxylic acids is 1. The predicted octanol–water partition coefficient (Wildman–Crippen LogP) is 1.22. The SMILES string of the molecule is CCNC(=NCCCSC)N1CCN(CC(=O)NC2CC2)CC1.I. The van der Waals surface area contributed by atoms with Gasteiger partial charge in [0.1, 0.15) is 0 Å². The molecule has 2 N–H and O–H groups in total. The fourth-order valence-electron chi connectivity index (χ4n) is 2.64. The standard InChI is InChI=1S/C16H31N5OS.HI/c1-3-17-16(18-7-4-12-23-2)21-10-8-20(9-11-21)13-15(22)19-14-5-6-14;/h14H,3-13H2,1-2H3,(H,17,18)(H,19,22);1H. The van der Waals surface area contributed by atoms with Crippen molar-refractivity contribution in [3.63, 3.8) is 0 Å². The Morgan fingerprint density at radius 3 is 2.54 bits per heavy atom. The lowest BCUT2D eigenvalue weighted by Gasteiger charge is -2.36. The second-order valence-corrected chi connectivity index (χ2v) is 7.17. The molecule has 2 rings (SSSR count). The summed E-state index contributed by atoms with van der Waals surface area (Å²) >= 11 is 1.87. The van der Waals surface area contributed by atoms with E-state index in [-0.39, 0.29) is 29.9 Å². The van der Waals surface area contributed by atoms with Gasteiger partial charge in [0.25, 0.3) is 0 Å². The third-order valence-electron chi connectivity index (χ3n) is 4.08. The summed E-state index contributed by atoms with van der Waals surface area (Å²) in [5.74, 6) is 2.36. The van der Waals surface area contributed by atoms with Crippen LogP contribution in [0.15, 0.2) is 4.99 Å². The molecule has 0 aromatic heterocycles. The molecule has 1 saturated carbocycles. The van der Waals surface area contributed by atoms with E-state index in [1.54, 1.807) is 0 Å². The summed E-state index contributed by atoms with van der Waals surface area (Å²) < 4.78 is 0. The number of piperazine rings is 1. The summed E-state index contributed by atoms with van der Waals surface area (Å²) in [6, 6.07) is 0.456. The maximum atomic E-state index is 11.9. The second kappa shape index (κ2) is 12.2. The number of nitrogens with zero attached hydrogens (tertiary/aromatic N) is 3. The smallest absolute Gasteiger partial charge is 0.234 e. The molecule has 1 saturated heterocycles. The van der Waals surface area contributed by atoms with E-state index >= 15 is 0 Å². The van der Waals surface area contributed by atoms with Crippen molar-refractivity contribution in [1.29, 1.82) is 0 Å². The van der Waals surface area contributed by atoms with Crippen molar-refractivity contribution in [1.82, 2.24) is 20.4 Å². The van der Waals surface area contributed by atoms with Crippen LogP contribution in [0.2, 0.25) is 0 Å². The fraction of sp³-hybridized carbons (Fsp3) is 0.875. The average molecular weight is 469 g/mol. The quantitative estimate of drug-likeness (QED) is 0.242. The molecule has 0 unspecified atom stereocenters. The van der Waals surface area contributed by atoms with Gasteiger partial charge in [-0.05, 0) is 38.2 Å². The molecule has 140 valence electrons. The number of halogens is 1. The van der Waals surface area contributed by atoms with Crippen molar-refractivity contribution in [3.05, 3.63) is 0 Å². The number of amides is 1. The lowest BCUT2D eigenvalue weighted by Crippen LogP contribution is -2.54. The van der Waals surface area contributed by atoms with Crippen LogP contribution < -0.4 is 10.6 Å². The minimum absolute atomic E-state index is 0. The number of nitrogens with one attached hydrogen (secondary N) is 2. The average Bonchev–Trinajstić information content (AvgIpc) is 3.35. The summed E-state index contributed by atoms with van der Waals surface area (Å²) in [6.07, 6.45) is 5.56. The third kappa shape index (κ3) is 8.24.